The first-order valence-corrected chi connectivity index (χ1v) is 10.7. The minimum Gasteiger partial charge on any atom is -0.872 e. The van der Waals surface area contributed by atoms with Gasteiger partial charge in [-0.1, -0.05) is 24.0 Å². The van der Waals surface area contributed by atoms with E-state index in [0.29, 0.717) is 23.4 Å². The molecule has 0 saturated carbocycles. The Bertz CT molecular complexity index is 937. The zero-order valence-electron chi connectivity index (χ0n) is 18.3. The third-order valence-electron chi connectivity index (χ3n) is 5.81. The van der Waals surface area contributed by atoms with Crippen molar-refractivity contribution in [2.24, 2.45) is 0 Å². The lowest BCUT2D eigenvalue weighted by atomic mass is 9.96. The highest BCUT2D eigenvalue weighted by Crippen LogP contribution is 2.38. The minimum absolute atomic E-state index is 0.0154. The molecule has 1 atom stereocenters. The molecule has 3 rings (SSSR count). The Morgan fingerprint density at radius 2 is 1.87 bits per heavy atom. The van der Waals surface area contributed by atoms with Gasteiger partial charge >= 0.3 is 0 Å². The van der Waals surface area contributed by atoms with Gasteiger partial charge in [-0.25, -0.2) is 0 Å². The van der Waals surface area contributed by atoms with Gasteiger partial charge in [0.25, 0.3) is 5.91 Å². The van der Waals surface area contributed by atoms with Gasteiger partial charge < -0.3 is 19.6 Å². The number of amides is 1. The Kier molecular flexibility index (Phi) is 7.41. The molecule has 0 radical (unpaired) electrons. The number of likely N-dealkylation sites (tertiary alicyclic amines) is 1. The number of nitrogens with zero attached hydrogens (tertiary/aromatic N) is 2. The van der Waals surface area contributed by atoms with Crippen LogP contribution in [-0.2, 0) is 9.59 Å². The fraction of sp³-hybridized carbons (Fsp3) is 0.375. The summed E-state index contributed by atoms with van der Waals surface area (Å²) in [5.74, 6) is -1.18. The molecule has 1 N–H and O–H groups in total. The number of ether oxygens (including phenoxy) is 1. The average molecular weight is 424 g/mol. The molecule has 2 aromatic rings. The standard InChI is InChI=1S/C24H29N3O4/c1-4-26(5-2)14-7-15-27-21(18-8-6-13-25-16-18)20(23(29)24(27)30)22(28)17-9-11-19(31-3)12-10-17/h6,8-13,16,21,28H,4-5,7,14-15H2,1-3H3/b22-20+. The quantitative estimate of drug-likeness (QED) is 0.363. The van der Waals surface area contributed by atoms with Crippen LogP contribution in [-0.4, -0.2) is 54.9 Å². The molecule has 1 aliphatic heterocycles. The number of nitrogens with one attached hydrogen (secondary N) is 1. The van der Waals surface area contributed by atoms with Gasteiger partial charge in [-0.2, -0.15) is 0 Å². The SMILES string of the molecule is CC[NH+](CC)CCCN1C(=O)C(=O)/C(=C(/[O-])c2ccc(OC)cc2)C1c1cccnc1. The van der Waals surface area contributed by atoms with Crippen molar-refractivity contribution in [3.63, 3.8) is 0 Å². The van der Waals surface area contributed by atoms with Crippen molar-refractivity contribution >= 4 is 17.4 Å². The second-order valence-corrected chi connectivity index (χ2v) is 7.55. The van der Waals surface area contributed by atoms with Gasteiger partial charge in [0.2, 0.25) is 5.78 Å². The van der Waals surface area contributed by atoms with Gasteiger partial charge in [0, 0.05) is 30.9 Å². The highest BCUT2D eigenvalue weighted by atomic mass is 16.5. The number of pyridine rings is 1. The van der Waals surface area contributed by atoms with Crippen molar-refractivity contribution in [1.29, 1.82) is 0 Å². The van der Waals surface area contributed by atoms with E-state index in [2.05, 4.69) is 18.8 Å². The molecule has 7 nitrogen and oxygen atoms in total. The van der Waals surface area contributed by atoms with Crippen LogP contribution in [0, 0.1) is 0 Å². The van der Waals surface area contributed by atoms with Crippen LogP contribution in [0.15, 0.2) is 54.4 Å². The van der Waals surface area contributed by atoms with E-state index >= 15 is 0 Å². The summed E-state index contributed by atoms with van der Waals surface area (Å²) in [5, 5.41) is 13.3. The normalized spacial score (nSPS) is 18.1. The second kappa shape index (κ2) is 10.2. The van der Waals surface area contributed by atoms with Gasteiger partial charge in [0.05, 0.1) is 32.8 Å². The van der Waals surface area contributed by atoms with Crippen LogP contribution in [0.25, 0.3) is 5.76 Å². The third-order valence-corrected chi connectivity index (χ3v) is 5.81. The summed E-state index contributed by atoms with van der Waals surface area (Å²) in [6.45, 7) is 7.56. The van der Waals surface area contributed by atoms with Crippen LogP contribution >= 0.6 is 0 Å². The molecule has 1 unspecified atom stereocenters. The number of ketones is 1. The molecule has 0 bridgehead atoms. The zero-order chi connectivity index (χ0) is 22.4. The van der Waals surface area contributed by atoms with E-state index in [-0.39, 0.29) is 5.57 Å². The van der Waals surface area contributed by atoms with Crippen LogP contribution in [0.2, 0.25) is 0 Å². The molecule has 1 amide bonds. The van der Waals surface area contributed by atoms with Gasteiger partial charge in [0.15, 0.2) is 0 Å². The van der Waals surface area contributed by atoms with Crippen LogP contribution in [0.3, 0.4) is 0 Å². The molecule has 1 aliphatic rings. The van der Waals surface area contributed by atoms with Crippen LogP contribution in [0.4, 0.5) is 0 Å². The summed E-state index contributed by atoms with van der Waals surface area (Å²) < 4.78 is 5.14. The Morgan fingerprint density at radius 1 is 1.16 bits per heavy atom. The molecule has 0 aliphatic carbocycles. The number of hydrogen-bond donors (Lipinski definition) is 1. The Labute approximate surface area is 183 Å². The molecule has 0 spiro atoms. The van der Waals surface area contributed by atoms with E-state index in [1.807, 2.05) is 0 Å². The lowest BCUT2D eigenvalue weighted by Gasteiger charge is -2.27. The Hall–Kier alpha value is -3.19. The van der Waals surface area contributed by atoms with Gasteiger partial charge in [-0.15, -0.1) is 0 Å². The summed E-state index contributed by atoms with van der Waals surface area (Å²) in [5.41, 5.74) is 0.993. The number of rotatable bonds is 9. The summed E-state index contributed by atoms with van der Waals surface area (Å²) in [4.78, 5) is 32.9. The number of quaternary nitrogens is 1. The molecule has 1 fully saturated rings. The van der Waals surface area contributed by atoms with Gasteiger partial charge in [-0.3, -0.25) is 14.6 Å². The molecule has 31 heavy (non-hydrogen) atoms. The van der Waals surface area contributed by atoms with Crippen molar-refractivity contribution in [3.05, 3.63) is 65.5 Å². The Balaban J connectivity index is 1.98. The summed E-state index contributed by atoms with van der Waals surface area (Å²) in [7, 11) is 1.54. The first kappa shape index (κ1) is 22.5. The lowest BCUT2D eigenvalue weighted by molar-refractivity contribution is -0.896. The van der Waals surface area contributed by atoms with Crippen LogP contribution in [0.5, 0.6) is 5.75 Å². The zero-order valence-corrected chi connectivity index (χ0v) is 18.3. The summed E-state index contributed by atoms with van der Waals surface area (Å²) in [6, 6.07) is 9.37. The fourth-order valence-electron chi connectivity index (χ4n) is 3.99. The molecule has 2 heterocycles. The topological polar surface area (TPSA) is 87.0 Å². The molecule has 1 aromatic heterocycles. The second-order valence-electron chi connectivity index (χ2n) is 7.55. The molecule has 1 aromatic carbocycles. The Morgan fingerprint density at radius 3 is 2.45 bits per heavy atom. The molecule has 7 heteroatoms. The fourth-order valence-corrected chi connectivity index (χ4v) is 3.99. The number of benzene rings is 1. The largest absolute Gasteiger partial charge is 0.872 e. The number of Topliss-reactive ketones (excluding diaryl/α,β-unsaturated/α-hetero) is 1. The lowest BCUT2D eigenvalue weighted by Crippen LogP contribution is -3.11. The van der Waals surface area contributed by atoms with Gasteiger partial charge in [0.1, 0.15) is 5.75 Å². The minimum atomic E-state index is -0.732. The summed E-state index contributed by atoms with van der Waals surface area (Å²) >= 11 is 0. The first-order chi connectivity index (χ1) is 15.0. The molecule has 164 valence electrons. The van der Waals surface area contributed by atoms with Crippen molar-refractivity contribution in [1.82, 2.24) is 9.88 Å². The number of carbonyl (C=O) groups excluding carboxylic acids is 2. The maximum Gasteiger partial charge on any atom is 0.295 e. The van der Waals surface area contributed by atoms with Crippen LogP contribution in [0.1, 0.15) is 37.4 Å². The van der Waals surface area contributed by atoms with E-state index in [4.69, 9.17) is 4.74 Å². The smallest absolute Gasteiger partial charge is 0.295 e. The number of hydrogen-bond acceptors (Lipinski definition) is 5. The van der Waals surface area contributed by atoms with Gasteiger partial charge in [-0.05, 0) is 43.2 Å². The summed E-state index contributed by atoms with van der Waals surface area (Å²) in [6.07, 6.45) is 3.98. The maximum absolute atomic E-state index is 13.3. The van der Waals surface area contributed by atoms with Crippen LogP contribution < -0.4 is 14.7 Å². The van der Waals surface area contributed by atoms with Crippen molar-refractivity contribution in [2.75, 3.05) is 33.3 Å². The molecular weight excluding hydrogens is 394 g/mol. The third kappa shape index (κ3) is 4.77. The molecule has 1 saturated heterocycles. The van der Waals surface area contributed by atoms with Crippen molar-refractivity contribution in [2.45, 2.75) is 26.3 Å². The average Bonchev–Trinajstić information content (AvgIpc) is 3.07. The van der Waals surface area contributed by atoms with Crippen molar-refractivity contribution in [3.8, 4) is 5.75 Å². The maximum atomic E-state index is 13.3. The monoisotopic (exact) mass is 423 g/mol. The van der Waals surface area contributed by atoms with E-state index in [0.717, 1.165) is 26.1 Å². The number of methoxy groups -OCH3 is 1. The molecular formula is C24H29N3O4. The van der Waals surface area contributed by atoms with Crippen molar-refractivity contribution < 1.29 is 24.3 Å². The van der Waals surface area contributed by atoms with E-state index in [9.17, 15) is 14.7 Å². The number of carbonyl (C=O) groups is 2. The van der Waals surface area contributed by atoms with E-state index in [1.165, 1.54) is 9.80 Å². The first-order valence-electron chi connectivity index (χ1n) is 10.7. The van der Waals surface area contributed by atoms with E-state index in [1.54, 1.807) is 55.9 Å². The predicted octanol–water partition coefficient (Wildman–Crippen LogP) is 0.629. The van der Waals surface area contributed by atoms with E-state index < -0.39 is 23.5 Å². The number of aromatic nitrogens is 1. The highest BCUT2D eigenvalue weighted by molar-refractivity contribution is 6.46. The highest BCUT2D eigenvalue weighted by Gasteiger charge is 2.44. The predicted molar refractivity (Wildman–Crippen MR) is 115 cm³/mol.